The molecule has 0 spiro atoms. The summed E-state index contributed by atoms with van der Waals surface area (Å²) >= 11 is 12.8. The van der Waals surface area contributed by atoms with E-state index in [1.807, 2.05) is 0 Å². The van der Waals surface area contributed by atoms with Gasteiger partial charge in [0.15, 0.2) is 0 Å². The number of alkyl halides is 1. The van der Waals surface area contributed by atoms with Gasteiger partial charge in [-0.1, -0.05) is 22.9 Å². The Bertz CT molecular complexity index is 579. The molecule has 19 heavy (non-hydrogen) atoms. The molecule has 106 valence electrons. The number of hydrogen-bond donors (Lipinski definition) is 0. The average molecular weight is 432 g/mol. The molecule has 0 saturated carbocycles. The Morgan fingerprint density at radius 1 is 1.37 bits per heavy atom. The van der Waals surface area contributed by atoms with Gasteiger partial charge < -0.3 is 0 Å². The van der Waals surface area contributed by atoms with Gasteiger partial charge in [-0.2, -0.15) is 4.31 Å². The second-order valence-electron chi connectivity index (χ2n) is 4.72. The normalized spacial score (nSPS) is 25.5. The minimum atomic E-state index is -3.50. The zero-order chi connectivity index (χ0) is 14.2. The van der Waals surface area contributed by atoms with Crippen LogP contribution in [0.15, 0.2) is 32.0 Å². The molecule has 7 heteroatoms. The first-order valence-corrected chi connectivity index (χ1v) is 9.38. The predicted octanol–water partition coefficient (Wildman–Crippen LogP) is 3.85. The van der Waals surface area contributed by atoms with Crippen molar-refractivity contribution >= 4 is 53.5 Å². The third-order valence-corrected chi connectivity index (χ3v) is 7.26. The lowest BCUT2D eigenvalue weighted by Crippen LogP contribution is -2.43. The number of benzene rings is 1. The van der Waals surface area contributed by atoms with Gasteiger partial charge in [0.1, 0.15) is 0 Å². The van der Waals surface area contributed by atoms with Crippen LogP contribution in [0, 0.1) is 5.92 Å². The van der Waals surface area contributed by atoms with Gasteiger partial charge in [-0.05, 0) is 46.5 Å². The van der Waals surface area contributed by atoms with Crippen molar-refractivity contribution in [2.45, 2.75) is 23.6 Å². The molecule has 1 fully saturated rings. The van der Waals surface area contributed by atoms with Crippen molar-refractivity contribution in [3.8, 4) is 0 Å². The zero-order valence-corrected chi connectivity index (χ0v) is 15.1. The van der Waals surface area contributed by atoms with Crippen LogP contribution in [0.5, 0.6) is 0 Å². The van der Waals surface area contributed by atoms with E-state index in [0.717, 1.165) is 10.9 Å². The van der Waals surface area contributed by atoms with E-state index in [1.54, 1.807) is 18.2 Å². The molecule has 0 bridgehead atoms. The van der Waals surface area contributed by atoms with Gasteiger partial charge in [0.25, 0.3) is 0 Å². The lowest BCUT2D eigenvalue weighted by molar-refractivity contribution is 0.293. The van der Waals surface area contributed by atoms with Crippen molar-refractivity contribution in [2.24, 2.45) is 5.92 Å². The maximum absolute atomic E-state index is 12.6. The molecule has 2 rings (SSSR count). The van der Waals surface area contributed by atoms with Crippen LogP contribution in [0.4, 0.5) is 0 Å². The number of sulfonamides is 1. The van der Waals surface area contributed by atoms with Gasteiger partial charge in [0.2, 0.25) is 10.0 Å². The van der Waals surface area contributed by atoms with Crippen LogP contribution in [0.3, 0.4) is 0 Å². The molecule has 0 N–H and O–H groups in total. The Kier molecular flexibility index (Phi) is 4.99. The SMILES string of the molecule is CC1CCN(S(=O)(=O)c2cc(Br)ccc2Br)CC1Cl. The van der Waals surface area contributed by atoms with Crippen molar-refractivity contribution in [3.05, 3.63) is 27.1 Å². The molecule has 1 aromatic rings. The predicted molar refractivity (Wildman–Crippen MR) is 84.0 cm³/mol. The summed E-state index contributed by atoms with van der Waals surface area (Å²) in [5.74, 6) is 0.346. The summed E-state index contributed by atoms with van der Waals surface area (Å²) < 4.78 is 28.0. The number of rotatable bonds is 2. The van der Waals surface area contributed by atoms with Gasteiger partial charge in [0, 0.05) is 27.4 Å². The fourth-order valence-electron chi connectivity index (χ4n) is 2.03. The molecule has 1 aromatic carbocycles. The van der Waals surface area contributed by atoms with Crippen LogP contribution in [0.2, 0.25) is 0 Å². The number of halogens is 3. The minimum Gasteiger partial charge on any atom is -0.207 e. The van der Waals surface area contributed by atoms with Crippen molar-refractivity contribution in [1.29, 1.82) is 0 Å². The molecular formula is C12H14Br2ClNO2S. The number of nitrogens with zero attached hydrogens (tertiary/aromatic N) is 1. The molecule has 0 amide bonds. The molecular weight excluding hydrogens is 417 g/mol. The fraction of sp³-hybridized carbons (Fsp3) is 0.500. The Morgan fingerprint density at radius 2 is 2.05 bits per heavy atom. The lowest BCUT2D eigenvalue weighted by atomic mass is 10.0. The quantitative estimate of drug-likeness (QED) is 0.667. The van der Waals surface area contributed by atoms with E-state index in [-0.39, 0.29) is 10.3 Å². The molecule has 1 aliphatic rings. The lowest BCUT2D eigenvalue weighted by Gasteiger charge is -2.33. The first-order chi connectivity index (χ1) is 8.82. The van der Waals surface area contributed by atoms with Gasteiger partial charge in [-0.25, -0.2) is 8.42 Å². The Morgan fingerprint density at radius 3 is 2.68 bits per heavy atom. The van der Waals surface area contributed by atoms with Crippen molar-refractivity contribution in [1.82, 2.24) is 4.31 Å². The summed E-state index contributed by atoms with van der Waals surface area (Å²) in [6, 6.07) is 5.13. The van der Waals surface area contributed by atoms with Crippen LogP contribution >= 0.6 is 43.5 Å². The highest BCUT2D eigenvalue weighted by Crippen LogP contribution is 2.31. The summed E-state index contributed by atoms with van der Waals surface area (Å²) in [4.78, 5) is 0.278. The molecule has 1 heterocycles. The van der Waals surface area contributed by atoms with E-state index in [4.69, 9.17) is 11.6 Å². The number of hydrogen-bond acceptors (Lipinski definition) is 2. The maximum atomic E-state index is 12.6. The zero-order valence-electron chi connectivity index (χ0n) is 10.3. The van der Waals surface area contributed by atoms with Gasteiger partial charge in [-0.15, -0.1) is 11.6 Å². The van der Waals surface area contributed by atoms with Crippen LogP contribution in [0.1, 0.15) is 13.3 Å². The molecule has 0 aromatic heterocycles. The minimum absolute atomic E-state index is 0.130. The summed E-state index contributed by atoms with van der Waals surface area (Å²) in [5.41, 5.74) is 0. The van der Waals surface area contributed by atoms with Crippen LogP contribution < -0.4 is 0 Å². The van der Waals surface area contributed by atoms with Crippen molar-refractivity contribution in [2.75, 3.05) is 13.1 Å². The van der Waals surface area contributed by atoms with E-state index >= 15 is 0 Å². The second-order valence-corrected chi connectivity index (χ2v) is 8.96. The summed E-state index contributed by atoms with van der Waals surface area (Å²) in [6.45, 7) is 2.94. The summed E-state index contributed by atoms with van der Waals surface area (Å²) in [7, 11) is -3.50. The van der Waals surface area contributed by atoms with Crippen LogP contribution in [0.25, 0.3) is 0 Å². The second kappa shape index (κ2) is 6.02. The van der Waals surface area contributed by atoms with E-state index in [2.05, 4.69) is 38.8 Å². The smallest absolute Gasteiger partial charge is 0.207 e. The largest absolute Gasteiger partial charge is 0.244 e. The first-order valence-electron chi connectivity index (χ1n) is 5.91. The highest BCUT2D eigenvalue weighted by Gasteiger charge is 2.33. The Hall–Kier alpha value is 0.380. The monoisotopic (exact) mass is 429 g/mol. The van der Waals surface area contributed by atoms with Crippen LogP contribution in [-0.2, 0) is 10.0 Å². The molecule has 0 radical (unpaired) electrons. The highest BCUT2D eigenvalue weighted by atomic mass is 79.9. The molecule has 1 saturated heterocycles. The van der Waals surface area contributed by atoms with E-state index in [1.165, 1.54) is 4.31 Å². The van der Waals surface area contributed by atoms with E-state index in [9.17, 15) is 8.42 Å². The van der Waals surface area contributed by atoms with E-state index in [0.29, 0.717) is 23.5 Å². The molecule has 2 atom stereocenters. The van der Waals surface area contributed by atoms with Gasteiger partial charge in [-0.3, -0.25) is 0 Å². The Labute approximate surface area is 135 Å². The Balaban J connectivity index is 2.35. The topological polar surface area (TPSA) is 37.4 Å². The maximum Gasteiger partial charge on any atom is 0.244 e. The molecule has 2 unspecified atom stereocenters. The fourth-order valence-corrected chi connectivity index (χ4v) is 5.34. The summed E-state index contributed by atoms with van der Waals surface area (Å²) in [5, 5.41) is -0.130. The standard InChI is InChI=1S/C12H14Br2ClNO2S/c1-8-4-5-16(7-11(8)15)19(17,18)12-6-9(13)2-3-10(12)14/h2-3,6,8,11H,4-5,7H2,1H3. The number of piperidine rings is 1. The third-order valence-electron chi connectivity index (χ3n) is 3.34. The third kappa shape index (κ3) is 3.35. The van der Waals surface area contributed by atoms with E-state index < -0.39 is 10.0 Å². The first kappa shape index (κ1) is 15.8. The van der Waals surface area contributed by atoms with Gasteiger partial charge in [0.05, 0.1) is 4.90 Å². The highest BCUT2D eigenvalue weighted by molar-refractivity contribution is 9.11. The van der Waals surface area contributed by atoms with Crippen molar-refractivity contribution in [3.63, 3.8) is 0 Å². The van der Waals surface area contributed by atoms with Crippen LogP contribution in [-0.4, -0.2) is 31.2 Å². The molecule has 0 aliphatic carbocycles. The molecule has 3 nitrogen and oxygen atoms in total. The molecule has 1 aliphatic heterocycles. The summed E-state index contributed by atoms with van der Waals surface area (Å²) in [6.07, 6.45) is 0.791. The van der Waals surface area contributed by atoms with Gasteiger partial charge >= 0.3 is 0 Å². The average Bonchev–Trinajstić information content (AvgIpc) is 2.35. The van der Waals surface area contributed by atoms with Crippen molar-refractivity contribution < 1.29 is 8.42 Å².